The zero-order valence-corrected chi connectivity index (χ0v) is 10.7. The van der Waals surface area contributed by atoms with Crippen molar-refractivity contribution in [2.75, 3.05) is 5.73 Å². The monoisotopic (exact) mass is 282 g/mol. The van der Waals surface area contributed by atoms with Gasteiger partial charge in [-0.1, -0.05) is 6.07 Å². The molecule has 0 amide bonds. The highest BCUT2D eigenvalue weighted by molar-refractivity contribution is 5.45. The van der Waals surface area contributed by atoms with Crippen molar-refractivity contribution < 1.29 is 17.9 Å². The normalized spacial score (nSPS) is 12.4. The summed E-state index contributed by atoms with van der Waals surface area (Å²) < 4.78 is 44.6. The number of anilines is 1. The molecule has 0 aliphatic heterocycles. The molecule has 2 aromatic rings. The minimum Gasteiger partial charge on any atom is -0.482 e. The van der Waals surface area contributed by atoms with E-state index < -0.39 is 18.3 Å². The third kappa shape index (κ3) is 3.01. The molecule has 2 rings (SSSR count). The van der Waals surface area contributed by atoms with E-state index in [-0.39, 0.29) is 22.7 Å². The second-order valence-electron chi connectivity index (χ2n) is 4.22. The molecule has 6 heteroatoms. The number of pyridine rings is 1. The first-order chi connectivity index (χ1) is 9.49. The Hall–Kier alpha value is -2.24. The van der Waals surface area contributed by atoms with E-state index in [0.717, 1.165) is 18.2 Å². The number of rotatable bonds is 4. The summed E-state index contributed by atoms with van der Waals surface area (Å²) in [5.41, 5.74) is 5.44. The van der Waals surface area contributed by atoms with Crippen molar-refractivity contribution in [1.29, 1.82) is 0 Å². The first-order valence-corrected chi connectivity index (χ1v) is 5.93. The Morgan fingerprint density at radius 1 is 1.20 bits per heavy atom. The zero-order chi connectivity index (χ0) is 14.7. The number of nitrogens with two attached hydrogens (primary N) is 1. The van der Waals surface area contributed by atoms with E-state index in [1.54, 1.807) is 19.1 Å². The van der Waals surface area contributed by atoms with Gasteiger partial charge < -0.3 is 10.5 Å². The van der Waals surface area contributed by atoms with Crippen molar-refractivity contribution in [2.24, 2.45) is 0 Å². The van der Waals surface area contributed by atoms with Crippen LogP contribution in [0.1, 0.15) is 30.6 Å². The second kappa shape index (κ2) is 5.81. The first-order valence-electron chi connectivity index (χ1n) is 5.93. The average Bonchev–Trinajstić information content (AvgIpc) is 2.40. The molecule has 1 aromatic heterocycles. The Balaban J connectivity index is 2.31. The SMILES string of the molecule is CC(Oc1cccnc1N)c1cc(F)ccc1C(F)F. The van der Waals surface area contributed by atoms with Gasteiger partial charge in [-0.2, -0.15) is 0 Å². The molecule has 20 heavy (non-hydrogen) atoms. The fourth-order valence-corrected chi connectivity index (χ4v) is 1.85. The van der Waals surface area contributed by atoms with Crippen LogP contribution in [0.5, 0.6) is 5.75 Å². The minimum atomic E-state index is -2.71. The number of ether oxygens (including phenoxy) is 1. The summed E-state index contributed by atoms with van der Waals surface area (Å²) in [5.74, 6) is -0.183. The van der Waals surface area contributed by atoms with Crippen LogP contribution in [0.15, 0.2) is 36.5 Å². The van der Waals surface area contributed by atoms with E-state index in [0.29, 0.717) is 0 Å². The van der Waals surface area contributed by atoms with Crippen molar-refractivity contribution in [2.45, 2.75) is 19.5 Å². The second-order valence-corrected chi connectivity index (χ2v) is 4.22. The summed E-state index contributed by atoms with van der Waals surface area (Å²) in [6.07, 6.45) is -2.00. The van der Waals surface area contributed by atoms with Gasteiger partial charge in [-0.3, -0.25) is 0 Å². The molecule has 1 atom stereocenters. The third-order valence-corrected chi connectivity index (χ3v) is 2.83. The molecular weight excluding hydrogens is 269 g/mol. The Morgan fingerprint density at radius 3 is 2.60 bits per heavy atom. The van der Waals surface area contributed by atoms with Crippen LogP contribution in [0.4, 0.5) is 19.0 Å². The van der Waals surface area contributed by atoms with E-state index in [9.17, 15) is 13.2 Å². The Morgan fingerprint density at radius 2 is 1.95 bits per heavy atom. The van der Waals surface area contributed by atoms with Crippen LogP contribution in [0.2, 0.25) is 0 Å². The number of nitrogens with zero attached hydrogens (tertiary/aromatic N) is 1. The van der Waals surface area contributed by atoms with Crippen molar-refractivity contribution in [1.82, 2.24) is 4.98 Å². The van der Waals surface area contributed by atoms with Gasteiger partial charge in [0.25, 0.3) is 6.43 Å². The van der Waals surface area contributed by atoms with Crippen LogP contribution < -0.4 is 10.5 Å². The van der Waals surface area contributed by atoms with Gasteiger partial charge in [0.1, 0.15) is 11.9 Å². The number of hydrogen-bond donors (Lipinski definition) is 1. The minimum absolute atomic E-state index is 0.0863. The van der Waals surface area contributed by atoms with Gasteiger partial charge in [0.15, 0.2) is 11.6 Å². The van der Waals surface area contributed by atoms with Crippen LogP contribution in [-0.2, 0) is 0 Å². The molecule has 1 aromatic carbocycles. The molecule has 0 saturated carbocycles. The van der Waals surface area contributed by atoms with E-state index in [2.05, 4.69) is 4.98 Å². The Bertz CT molecular complexity index is 605. The van der Waals surface area contributed by atoms with Crippen LogP contribution in [0, 0.1) is 5.82 Å². The predicted molar refractivity (Wildman–Crippen MR) is 69.0 cm³/mol. The third-order valence-electron chi connectivity index (χ3n) is 2.83. The first kappa shape index (κ1) is 14.2. The highest BCUT2D eigenvalue weighted by Crippen LogP contribution is 2.32. The molecule has 0 saturated heterocycles. The van der Waals surface area contributed by atoms with Gasteiger partial charge in [-0.25, -0.2) is 18.2 Å². The number of alkyl halides is 2. The summed E-state index contributed by atoms with van der Waals surface area (Å²) >= 11 is 0. The van der Waals surface area contributed by atoms with Crippen LogP contribution in [0.25, 0.3) is 0 Å². The summed E-state index contributed by atoms with van der Waals surface area (Å²) in [4.78, 5) is 3.83. The van der Waals surface area contributed by atoms with E-state index in [1.807, 2.05) is 0 Å². The molecule has 0 fully saturated rings. The number of nitrogen functional groups attached to an aromatic ring is 1. The van der Waals surface area contributed by atoms with Gasteiger partial charge in [0.05, 0.1) is 0 Å². The molecule has 2 N–H and O–H groups in total. The van der Waals surface area contributed by atoms with Crippen molar-refractivity contribution in [3.63, 3.8) is 0 Å². The highest BCUT2D eigenvalue weighted by atomic mass is 19.3. The van der Waals surface area contributed by atoms with Gasteiger partial charge in [0, 0.05) is 17.3 Å². The van der Waals surface area contributed by atoms with Crippen molar-refractivity contribution in [3.05, 3.63) is 53.5 Å². The van der Waals surface area contributed by atoms with Crippen molar-refractivity contribution in [3.8, 4) is 5.75 Å². The van der Waals surface area contributed by atoms with Gasteiger partial charge in [0.2, 0.25) is 0 Å². The number of aromatic nitrogens is 1. The molecule has 0 radical (unpaired) electrons. The quantitative estimate of drug-likeness (QED) is 0.925. The Kier molecular flexibility index (Phi) is 4.12. The Labute approximate surface area is 114 Å². The molecule has 1 heterocycles. The van der Waals surface area contributed by atoms with Crippen LogP contribution >= 0.6 is 0 Å². The summed E-state index contributed by atoms with van der Waals surface area (Å²) in [6.45, 7) is 1.55. The topological polar surface area (TPSA) is 48.1 Å². The molecule has 0 aliphatic carbocycles. The molecule has 0 bridgehead atoms. The number of halogens is 3. The largest absolute Gasteiger partial charge is 0.482 e. The van der Waals surface area contributed by atoms with Gasteiger partial charge in [-0.05, 0) is 31.2 Å². The summed E-state index contributed by atoms with van der Waals surface area (Å²) in [6, 6.07) is 6.27. The summed E-state index contributed by atoms with van der Waals surface area (Å²) in [7, 11) is 0. The van der Waals surface area contributed by atoms with E-state index >= 15 is 0 Å². The maximum absolute atomic E-state index is 13.3. The predicted octanol–water partition coefficient (Wildman–Crippen LogP) is 3.88. The van der Waals surface area contributed by atoms with Crippen LogP contribution in [0.3, 0.4) is 0 Å². The van der Waals surface area contributed by atoms with E-state index in [4.69, 9.17) is 10.5 Å². The fourth-order valence-electron chi connectivity index (χ4n) is 1.85. The molecule has 3 nitrogen and oxygen atoms in total. The lowest BCUT2D eigenvalue weighted by Crippen LogP contribution is -2.09. The lowest BCUT2D eigenvalue weighted by molar-refractivity contribution is 0.143. The molecule has 0 spiro atoms. The lowest BCUT2D eigenvalue weighted by Gasteiger charge is -2.19. The average molecular weight is 282 g/mol. The molecule has 0 aliphatic rings. The maximum Gasteiger partial charge on any atom is 0.264 e. The number of hydrogen-bond acceptors (Lipinski definition) is 3. The smallest absolute Gasteiger partial charge is 0.264 e. The summed E-state index contributed by atoms with van der Waals surface area (Å²) in [5, 5.41) is 0. The fraction of sp³-hybridized carbons (Fsp3) is 0.214. The standard InChI is InChI=1S/C14H13F3N2O/c1-8(20-12-3-2-6-19-14(12)18)11-7-9(15)4-5-10(11)13(16)17/h2-8,13H,1H3,(H2,18,19). The van der Waals surface area contributed by atoms with E-state index in [1.165, 1.54) is 6.20 Å². The van der Waals surface area contributed by atoms with Crippen LogP contribution in [-0.4, -0.2) is 4.98 Å². The molecular formula is C14H13F3N2O. The van der Waals surface area contributed by atoms with Crippen molar-refractivity contribution >= 4 is 5.82 Å². The molecule has 106 valence electrons. The van der Waals surface area contributed by atoms with Gasteiger partial charge in [-0.15, -0.1) is 0 Å². The number of benzene rings is 1. The zero-order valence-electron chi connectivity index (χ0n) is 10.7. The highest BCUT2D eigenvalue weighted by Gasteiger charge is 2.20. The lowest BCUT2D eigenvalue weighted by atomic mass is 10.0. The van der Waals surface area contributed by atoms with Gasteiger partial charge >= 0.3 is 0 Å². The molecule has 1 unspecified atom stereocenters. The maximum atomic E-state index is 13.3.